The summed E-state index contributed by atoms with van der Waals surface area (Å²) >= 11 is 0. The standard InChI is InChI=1S/C8H15NO2.C2H7NO/c9-5-6-1-3-7(4-2-6)8(10)11;3-1-2-4/h6-7H,1-5,9H2,(H,10,11);4H,1-3H2. The van der Waals surface area contributed by atoms with E-state index in [4.69, 9.17) is 21.7 Å². The van der Waals surface area contributed by atoms with E-state index in [-0.39, 0.29) is 12.5 Å². The van der Waals surface area contributed by atoms with Gasteiger partial charge in [0.05, 0.1) is 12.5 Å². The zero-order chi connectivity index (χ0) is 11.7. The summed E-state index contributed by atoms with van der Waals surface area (Å²) in [6.07, 6.45) is 3.62. The minimum absolute atomic E-state index is 0.0972. The first kappa shape index (κ1) is 14.3. The molecule has 0 aromatic carbocycles. The Kier molecular flexibility index (Phi) is 8.27. The molecular weight excluding hydrogens is 196 g/mol. The molecule has 0 aromatic rings. The number of nitrogens with two attached hydrogens (primary N) is 2. The third-order valence-electron chi connectivity index (χ3n) is 2.66. The van der Waals surface area contributed by atoms with Crippen molar-refractivity contribution in [1.82, 2.24) is 0 Å². The molecule has 0 heterocycles. The van der Waals surface area contributed by atoms with Crippen molar-refractivity contribution in [3.8, 4) is 0 Å². The van der Waals surface area contributed by atoms with E-state index < -0.39 is 5.97 Å². The van der Waals surface area contributed by atoms with Gasteiger partial charge < -0.3 is 21.7 Å². The van der Waals surface area contributed by atoms with E-state index in [0.29, 0.717) is 19.0 Å². The Bertz CT molecular complexity index is 166. The maximum atomic E-state index is 10.5. The van der Waals surface area contributed by atoms with Gasteiger partial charge in [-0.25, -0.2) is 0 Å². The molecular formula is C10H22N2O3. The third-order valence-corrected chi connectivity index (χ3v) is 2.66. The lowest BCUT2D eigenvalue weighted by atomic mass is 9.82. The molecule has 15 heavy (non-hydrogen) atoms. The van der Waals surface area contributed by atoms with E-state index in [2.05, 4.69) is 0 Å². The number of hydrogen-bond donors (Lipinski definition) is 4. The molecule has 0 saturated heterocycles. The highest BCUT2D eigenvalue weighted by molar-refractivity contribution is 5.69. The van der Waals surface area contributed by atoms with E-state index in [0.717, 1.165) is 25.7 Å². The smallest absolute Gasteiger partial charge is 0.306 e. The summed E-state index contributed by atoms with van der Waals surface area (Å²) in [6, 6.07) is 0. The molecule has 0 radical (unpaired) electrons. The van der Waals surface area contributed by atoms with Gasteiger partial charge in [-0.05, 0) is 38.1 Å². The number of carboxylic acid groups (broad SMARTS) is 1. The van der Waals surface area contributed by atoms with Crippen LogP contribution in [0.1, 0.15) is 25.7 Å². The van der Waals surface area contributed by atoms with Gasteiger partial charge in [-0.1, -0.05) is 0 Å². The lowest BCUT2D eigenvalue weighted by Crippen LogP contribution is -2.25. The number of aliphatic carboxylic acids is 1. The maximum absolute atomic E-state index is 10.5. The lowest BCUT2D eigenvalue weighted by Gasteiger charge is -2.24. The Balaban J connectivity index is 0.000000423. The Morgan fingerprint density at radius 1 is 1.20 bits per heavy atom. The highest BCUT2D eigenvalue weighted by atomic mass is 16.4. The molecule has 5 heteroatoms. The summed E-state index contributed by atoms with van der Waals surface area (Å²) in [4.78, 5) is 10.5. The number of carbonyl (C=O) groups is 1. The van der Waals surface area contributed by atoms with Crippen LogP contribution in [0.3, 0.4) is 0 Å². The fraction of sp³-hybridized carbons (Fsp3) is 0.900. The number of aliphatic hydroxyl groups excluding tert-OH is 1. The molecule has 0 amide bonds. The molecule has 5 nitrogen and oxygen atoms in total. The maximum Gasteiger partial charge on any atom is 0.306 e. The Hall–Kier alpha value is -0.650. The van der Waals surface area contributed by atoms with Crippen LogP contribution in [0.25, 0.3) is 0 Å². The summed E-state index contributed by atoms with van der Waals surface area (Å²) in [5.74, 6) is -0.163. The van der Waals surface area contributed by atoms with Crippen LogP contribution in [0.5, 0.6) is 0 Å². The summed E-state index contributed by atoms with van der Waals surface area (Å²) in [5, 5.41) is 16.4. The van der Waals surface area contributed by atoms with E-state index in [1.54, 1.807) is 0 Å². The first-order chi connectivity index (χ1) is 7.15. The Labute approximate surface area is 90.5 Å². The molecule has 0 bridgehead atoms. The van der Waals surface area contributed by atoms with Crippen molar-refractivity contribution in [2.45, 2.75) is 25.7 Å². The van der Waals surface area contributed by atoms with E-state index >= 15 is 0 Å². The van der Waals surface area contributed by atoms with E-state index in [9.17, 15) is 4.79 Å². The number of rotatable bonds is 3. The van der Waals surface area contributed by atoms with Crippen LogP contribution >= 0.6 is 0 Å². The predicted molar refractivity (Wildman–Crippen MR) is 58.3 cm³/mol. The first-order valence-electron chi connectivity index (χ1n) is 5.39. The first-order valence-corrected chi connectivity index (χ1v) is 5.39. The summed E-state index contributed by atoms with van der Waals surface area (Å²) in [6.45, 7) is 1.19. The minimum Gasteiger partial charge on any atom is -0.481 e. The third kappa shape index (κ3) is 6.43. The van der Waals surface area contributed by atoms with Crippen LogP contribution in [-0.2, 0) is 4.79 Å². The Morgan fingerprint density at radius 3 is 1.93 bits per heavy atom. The zero-order valence-electron chi connectivity index (χ0n) is 9.06. The van der Waals surface area contributed by atoms with Crippen molar-refractivity contribution in [3.05, 3.63) is 0 Å². The monoisotopic (exact) mass is 218 g/mol. The minimum atomic E-state index is -0.638. The summed E-state index contributed by atoms with van der Waals surface area (Å²) in [7, 11) is 0. The molecule has 1 rings (SSSR count). The molecule has 1 saturated carbocycles. The molecule has 0 aromatic heterocycles. The molecule has 0 spiro atoms. The molecule has 0 unspecified atom stereocenters. The van der Waals surface area contributed by atoms with Gasteiger partial charge in [-0.3, -0.25) is 4.79 Å². The van der Waals surface area contributed by atoms with Crippen LogP contribution in [0.15, 0.2) is 0 Å². The van der Waals surface area contributed by atoms with Crippen LogP contribution in [-0.4, -0.2) is 35.9 Å². The fourth-order valence-corrected chi connectivity index (χ4v) is 1.65. The Morgan fingerprint density at radius 2 is 1.67 bits per heavy atom. The number of hydrogen-bond acceptors (Lipinski definition) is 4. The van der Waals surface area contributed by atoms with Crippen molar-refractivity contribution >= 4 is 5.97 Å². The highest BCUT2D eigenvalue weighted by Crippen LogP contribution is 2.27. The molecule has 0 aliphatic heterocycles. The fourth-order valence-electron chi connectivity index (χ4n) is 1.65. The second-order valence-corrected chi connectivity index (χ2v) is 3.80. The molecule has 6 N–H and O–H groups in total. The van der Waals surface area contributed by atoms with E-state index in [1.165, 1.54) is 0 Å². The molecule has 90 valence electrons. The van der Waals surface area contributed by atoms with Crippen molar-refractivity contribution in [2.75, 3.05) is 19.7 Å². The number of aliphatic hydroxyl groups is 1. The van der Waals surface area contributed by atoms with Gasteiger partial charge >= 0.3 is 5.97 Å². The zero-order valence-corrected chi connectivity index (χ0v) is 9.06. The molecule has 0 atom stereocenters. The predicted octanol–water partition coefficient (Wildman–Crippen LogP) is -0.226. The van der Waals surface area contributed by atoms with Gasteiger partial charge in [-0.15, -0.1) is 0 Å². The lowest BCUT2D eigenvalue weighted by molar-refractivity contribution is -0.143. The average molecular weight is 218 g/mol. The summed E-state index contributed by atoms with van der Waals surface area (Å²) < 4.78 is 0. The van der Waals surface area contributed by atoms with Crippen LogP contribution in [0, 0.1) is 11.8 Å². The van der Waals surface area contributed by atoms with Crippen LogP contribution in [0.4, 0.5) is 0 Å². The topological polar surface area (TPSA) is 110 Å². The quantitative estimate of drug-likeness (QED) is 0.523. The van der Waals surface area contributed by atoms with Gasteiger partial charge in [0.25, 0.3) is 0 Å². The van der Waals surface area contributed by atoms with Crippen LogP contribution in [0.2, 0.25) is 0 Å². The normalized spacial score (nSPS) is 25.3. The van der Waals surface area contributed by atoms with Crippen molar-refractivity contribution < 1.29 is 15.0 Å². The number of carboxylic acids is 1. The second-order valence-electron chi connectivity index (χ2n) is 3.80. The molecule has 1 aliphatic rings. The average Bonchev–Trinajstić information content (AvgIpc) is 2.29. The molecule has 1 aliphatic carbocycles. The van der Waals surface area contributed by atoms with Gasteiger partial charge in [0.15, 0.2) is 0 Å². The van der Waals surface area contributed by atoms with Crippen LogP contribution < -0.4 is 11.5 Å². The van der Waals surface area contributed by atoms with E-state index in [1.807, 2.05) is 0 Å². The highest BCUT2D eigenvalue weighted by Gasteiger charge is 2.24. The van der Waals surface area contributed by atoms with Gasteiger partial charge in [0, 0.05) is 6.54 Å². The van der Waals surface area contributed by atoms with Gasteiger partial charge in [0.1, 0.15) is 0 Å². The van der Waals surface area contributed by atoms with Crippen molar-refractivity contribution in [3.63, 3.8) is 0 Å². The van der Waals surface area contributed by atoms with Gasteiger partial charge in [-0.2, -0.15) is 0 Å². The van der Waals surface area contributed by atoms with Gasteiger partial charge in [0.2, 0.25) is 0 Å². The SMILES string of the molecule is NCC1CCC(C(=O)O)CC1.NCCO. The molecule has 1 fully saturated rings. The largest absolute Gasteiger partial charge is 0.481 e. The second kappa shape index (κ2) is 8.64. The summed E-state index contributed by atoms with van der Waals surface area (Å²) in [5.41, 5.74) is 10.3. The van der Waals surface area contributed by atoms with Crippen molar-refractivity contribution in [2.24, 2.45) is 23.3 Å². The van der Waals surface area contributed by atoms with Crippen molar-refractivity contribution in [1.29, 1.82) is 0 Å².